The maximum Gasteiger partial charge on any atom is 0.203 e. The highest BCUT2D eigenvalue weighted by Gasteiger charge is 2.12. The van der Waals surface area contributed by atoms with Gasteiger partial charge in [-0.25, -0.2) is 0 Å². The van der Waals surface area contributed by atoms with E-state index in [0.717, 1.165) is 16.6 Å². The molecule has 4 nitrogen and oxygen atoms in total. The van der Waals surface area contributed by atoms with Crippen LogP contribution in [0.15, 0.2) is 40.9 Å². The van der Waals surface area contributed by atoms with Crippen LogP contribution in [-0.2, 0) is 13.1 Å². The van der Waals surface area contributed by atoms with Crippen molar-refractivity contribution in [3.63, 3.8) is 0 Å². The summed E-state index contributed by atoms with van der Waals surface area (Å²) in [7, 11) is 4.84. The van der Waals surface area contributed by atoms with Crippen LogP contribution in [0.25, 0.3) is 0 Å². The average Bonchev–Trinajstić information content (AvgIpc) is 2.55. The fourth-order valence-corrected chi connectivity index (χ4v) is 2.65. The minimum atomic E-state index is 0.611. The monoisotopic (exact) mass is 365 g/mol. The number of hydrogen-bond donors (Lipinski definition) is 1. The molecule has 0 bridgehead atoms. The molecule has 0 fully saturated rings. The van der Waals surface area contributed by atoms with Crippen LogP contribution in [0.3, 0.4) is 0 Å². The van der Waals surface area contributed by atoms with Crippen molar-refractivity contribution in [3.05, 3.63) is 52.0 Å². The van der Waals surface area contributed by atoms with E-state index >= 15 is 0 Å². The van der Waals surface area contributed by atoms with E-state index in [9.17, 15) is 0 Å². The Morgan fingerprint density at radius 2 is 1.55 bits per heavy atom. The van der Waals surface area contributed by atoms with Crippen molar-refractivity contribution in [3.8, 4) is 17.2 Å². The lowest BCUT2D eigenvalue weighted by molar-refractivity contribution is 0.323. The van der Waals surface area contributed by atoms with Gasteiger partial charge < -0.3 is 19.5 Å². The summed E-state index contributed by atoms with van der Waals surface area (Å²) in [5, 5.41) is 3.42. The topological polar surface area (TPSA) is 39.7 Å². The molecular weight excluding hydrogens is 346 g/mol. The summed E-state index contributed by atoms with van der Waals surface area (Å²) < 4.78 is 17.2. The molecule has 0 spiro atoms. The summed E-state index contributed by atoms with van der Waals surface area (Å²) in [6, 6.07) is 12.1. The van der Waals surface area contributed by atoms with Crippen LogP contribution < -0.4 is 19.5 Å². The average molecular weight is 366 g/mol. The van der Waals surface area contributed by atoms with E-state index in [2.05, 4.69) is 27.3 Å². The lowest BCUT2D eigenvalue weighted by atomic mass is 10.1. The van der Waals surface area contributed by atoms with Gasteiger partial charge in [-0.2, -0.15) is 0 Å². The number of nitrogens with one attached hydrogen (secondary N) is 1. The summed E-state index contributed by atoms with van der Waals surface area (Å²) in [6.45, 7) is 1.48. The van der Waals surface area contributed by atoms with Gasteiger partial charge in [-0.1, -0.05) is 34.1 Å². The van der Waals surface area contributed by atoms with Gasteiger partial charge in [-0.15, -0.1) is 0 Å². The van der Waals surface area contributed by atoms with E-state index in [1.165, 1.54) is 5.56 Å². The largest absolute Gasteiger partial charge is 0.493 e. The zero-order chi connectivity index (χ0) is 15.9. The Kier molecular flexibility index (Phi) is 6.10. The van der Waals surface area contributed by atoms with Gasteiger partial charge in [-0.05, 0) is 29.3 Å². The first-order valence-corrected chi connectivity index (χ1v) is 7.72. The molecule has 0 heterocycles. The van der Waals surface area contributed by atoms with Crippen LogP contribution >= 0.6 is 15.9 Å². The van der Waals surface area contributed by atoms with Crippen molar-refractivity contribution in [2.24, 2.45) is 0 Å². The fraction of sp³-hybridized carbons (Fsp3) is 0.294. The molecule has 0 aromatic heterocycles. The van der Waals surface area contributed by atoms with E-state index in [1.54, 1.807) is 21.3 Å². The van der Waals surface area contributed by atoms with Crippen molar-refractivity contribution in [1.29, 1.82) is 0 Å². The normalized spacial score (nSPS) is 10.4. The highest BCUT2D eigenvalue weighted by atomic mass is 79.9. The molecule has 2 aromatic rings. The van der Waals surface area contributed by atoms with Crippen molar-refractivity contribution in [2.45, 2.75) is 13.1 Å². The minimum absolute atomic E-state index is 0.611. The Bertz CT molecular complexity index is 606. The molecule has 0 unspecified atom stereocenters. The van der Waals surface area contributed by atoms with Gasteiger partial charge in [0.05, 0.1) is 21.3 Å². The Balaban J connectivity index is 2.08. The van der Waals surface area contributed by atoms with Gasteiger partial charge in [-0.3, -0.25) is 0 Å². The summed E-state index contributed by atoms with van der Waals surface area (Å²) in [4.78, 5) is 0. The second kappa shape index (κ2) is 8.06. The molecule has 1 N–H and O–H groups in total. The molecule has 0 radical (unpaired) electrons. The molecule has 0 aliphatic heterocycles. The molecule has 118 valence electrons. The molecule has 5 heteroatoms. The van der Waals surface area contributed by atoms with Gasteiger partial charge in [0.15, 0.2) is 11.5 Å². The van der Waals surface area contributed by atoms with E-state index in [1.807, 2.05) is 30.3 Å². The Morgan fingerprint density at radius 1 is 0.909 bits per heavy atom. The molecule has 2 aromatic carbocycles. The maximum absolute atomic E-state index is 5.36. The third-order valence-electron chi connectivity index (χ3n) is 3.33. The van der Waals surface area contributed by atoms with Crippen LogP contribution in [0.5, 0.6) is 17.2 Å². The quantitative estimate of drug-likeness (QED) is 0.810. The smallest absolute Gasteiger partial charge is 0.203 e. The van der Waals surface area contributed by atoms with Crippen LogP contribution in [0.4, 0.5) is 0 Å². The molecule has 0 aliphatic carbocycles. The van der Waals surface area contributed by atoms with Crippen LogP contribution in [-0.4, -0.2) is 21.3 Å². The first-order valence-electron chi connectivity index (χ1n) is 6.92. The van der Waals surface area contributed by atoms with Crippen LogP contribution in [0.1, 0.15) is 11.1 Å². The van der Waals surface area contributed by atoms with Gasteiger partial charge >= 0.3 is 0 Å². The fourth-order valence-electron chi connectivity index (χ4n) is 2.22. The molecule has 0 aliphatic rings. The summed E-state index contributed by atoms with van der Waals surface area (Å²) in [5.41, 5.74) is 2.29. The predicted molar refractivity (Wildman–Crippen MR) is 90.8 cm³/mol. The number of hydrogen-bond acceptors (Lipinski definition) is 4. The van der Waals surface area contributed by atoms with E-state index < -0.39 is 0 Å². The van der Waals surface area contributed by atoms with Crippen molar-refractivity contribution in [1.82, 2.24) is 5.32 Å². The van der Waals surface area contributed by atoms with Crippen molar-refractivity contribution >= 4 is 15.9 Å². The number of benzene rings is 2. The van der Waals surface area contributed by atoms with Crippen molar-refractivity contribution < 1.29 is 14.2 Å². The zero-order valence-electron chi connectivity index (χ0n) is 13.0. The molecule has 0 saturated heterocycles. The second-order valence-corrected chi connectivity index (χ2v) is 5.58. The first kappa shape index (κ1) is 16.6. The number of rotatable bonds is 7. The lowest BCUT2D eigenvalue weighted by Crippen LogP contribution is -2.13. The van der Waals surface area contributed by atoms with Crippen LogP contribution in [0, 0.1) is 0 Å². The highest BCUT2D eigenvalue weighted by Crippen LogP contribution is 2.38. The minimum Gasteiger partial charge on any atom is -0.493 e. The Hall–Kier alpha value is -1.72. The number of ether oxygens (including phenoxy) is 3. The lowest BCUT2D eigenvalue weighted by Gasteiger charge is -2.14. The summed E-state index contributed by atoms with van der Waals surface area (Å²) in [6.07, 6.45) is 0. The summed E-state index contributed by atoms with van der Waals surface area (Å²) in [5.74, 6) is 1.94. The second-order valence-electron chi connectivity index (χ2n) is 4.73. The number of halogens is 1. The Labute approximate surface area is 139 Å². The summed E-state index contributed by atoms with van der Waals surface area (Å²) >= 11 is 3.55. The van der Waals surface area contributed by atoms with Gasteiger partial charge in [0.25, 0.3) is 0 Å². The third-order valence-corrected chi connectivity index (χ3v) is 4.10. The highest BCUT2D eigenvalue weighted by molar-refractivity contribution is 9.10. The van der Waals surface area contributed by atoms with E-state index in [0.29, 0.717) is 23.8 Å². The Morgan fingerprint density at radius 3 is 2.09 bits per heavy atom. The van der Waals surface area contributed by atoms with Gasteiger partial charge in [0.2, 0.25) is 5.75 Å². The molecule has 22 heavy (non-hydrogen) atoms. The molecule has 0 atom stereocenters. The molecule has 0 amide bonds. The van der Waals surface area contributed by atoms with Crippen molar-refractivity contribution in [2.75, 3.05) is 21.3 Å². The SMILES string of the molecule is COc1cc(CNCc2ccccc2Br)cc(OC)c1OC. The van der Waals surface area contributed by atoms with Crippen LogP contribution in [0.2, 0.25) is 0 Å². The van der Waals surface area contributed by atoms with Gasteiger partial charge in [0, 0.05) is 17.6 Å². The molecule has 2 rings (SSSR count). The van der Waals surface area contributed by atoms with Gasteiger partial charge in [0.1, 0.15) is 0 Å². The molecule has 0 saturated carbocycles. The molecular formula is C17H20BrNO3. The predicted octanol–water partition coefficient (Wildman–Crippen LogP) is 3.76. The maximum atomic E-state index is 5.36. The standard InChI is InChI=1S/C17H20BrNO3/c1-20-15-8-12(9-16(21-2)17(15)22-3)10-19-11-13-6-4-5-7-14(13)18/h4-9,19H,10-11H2,1-3H3. The third kappa shape index (κ3) is 3.93. The zero-order valence-corrected chi connectivity index (χ0v) is 14.6. The van der Waals surface area contributed by atoms with E-state index in [-0.39, 0.29) is 0 Å². The first-order chi connectivity index (χ1) is 10.7. The number of methoxy groups -OCH3 is 3. The van der Waals surface area contributed by atoms with E-state index in [4.69, 9.17) is 14.2 Å².